The molecule has 0 atom stereocenters. The predicted molar refractivity (Wildman–Crippen MR) is 91.6 cm³/mol. The monoisotopic (exact) mass is 364 g/mol. The van der Waals surface area contributed by atoms with Crippen molar-refractivity contribution in [2.45, 2.75) is 37.8 Å². The van der Waals surface area contributed by atoms with Crippen molar-refractivity contribution in [2.24, 2.45) is 0 Å². The number of hydrogen-bond acceptors (Lipinski definition) is 2. The lowest BCUT2D eigenvalue weighted by atomic mass is 9.93. The van der Waals surface area contributed by atoms with E-state index in [0.717, 1.165) is 25.0 Å². The molecule has 2 aromatic carbocycles. The molecule has 2 aromatic rings. The Morgan fingerprint density at radius 2 is 1.54 bits per heavy atom. The van der Waals surface area contributed by atoms with Crippen molar-refractivity contribution in [1.29, 1.82) is 0 Å². The fourth-order valence-electron chi connectivity index (χ4n) is 2.98. The van der Waals surface area contributed by atoms with Crippen LogP contribution in [0.4, 0.5) is 23.7 Å². The number of carbonyl (C=O) groups is 1. The molecule has 0 saturated heterocycles. The average Bonchev–Trinajstić information content (AvgIpc) is 2.62. The summed E-state index contributed by atoms with van der Waals surface area (Å²) in [5.41, 5.74) is -0.460. The Bertz CT molecular complexity index is 740. The van der Waals surface area contributed by atoms with Crippen LogP contribution < -0.4 is 15.4 Å². The second-order valence-electron chi connectivity index (χ2n) is 6.24. The van der Waals surface area contributed by atoms with Crippen LogP contribution in [-0.4, -0.2) is 18.2 Å². The molecule has 1 aliphatic carbocycles. The topological polar surface area (TPSA) is 50.4 Å². The van der Waals surface area contributed by atoms with Gasteiger partial charge in [0.05, 0.1) is 6.10 Å². The van der Waals surface area contributed by atoms with E-state index in [1.165, 1.54) is 18.2 Å². The van der Waals surface area contributed by atoms with Crippen molar-refractivity contribution >= 4 is 11.7 Å². The fourth-order valence-corrected chi connectivity index (χ4v) is 2.98. The maximum absolute atomic E-state index is 13.6. The van der Waals surface area contributed by atoms with Crippen molar-refractivity contribution in [2.75, 3.05) is 5.32 Å². The highest BCUT2D eigenvalue weighted by atomic mass is 19.1. The fraction of sp³-hybridized carbons (Fsp3) is 0.316. The smallest absolute Gasteiger partial charge is 0.319 e. The molecule has 26 heavy (non-hydrogen) atoms. The van der Waals surface area contributed by atoms with Crippen LogP contribution >= 0.6 is 0 Å². The van der Waals surface area contributed by atoms with Gasteiger partial charge in [0, 0.05) is 6.04 Å². The molecule has 2 amide bonds. The van der Waals surface area contributed by atoms with Gasteiger partial charge in [-0.05, 0) is 62.1 Å². The quantitative estimate of drug-likeness (QED) is 0.832. The summed E-state index contributed by atoms with van der Waals surface area (Å²) in [4.78, 5) is 12.0. The molecule has 0 aromatic heterocycles. The maximum Gasteiger partial charge on any atom is 0.319 e. The number of hydrogen-bond donors (Lipinski definition) is 2. The van der Waals surface area contributed by atoms with E-state index in [1.54, 1.807) is 12.1 Å². The van der Waals surface area contributed by atoms with Crippen LogP contribution in [0.1, 0.15) is 25.7 Å². The van der Waals surface area contributed by atoms with Crippen LogP contribution in [0.2, 0.25) is 0 Å². The molecule has 0 heterocycles. The molecule has 0 unspecified atom stereocenters. The second kappa shape index (κ2) is 8.12. The van der Waals surface area contributed by atoms with Crippen molar-refractivity contribution in [3.63, 3.8) is 0 Å². The first kappa shape index (κ1) is 18.1. The van der Waals surface area contributed by atoms with E-state index in [-0.39, 0.29) is 18.0 Å². The molecule has 1 saturated carbocycles. The largest absolute Gasteiger partial charge is 0.490 e. The molecule has 4 nitrogen and oxygen atoms in total. The number of amides is 2. The van der Waals surface area contributed by atoms with Crippen molar-refractivity contribution < 1.29 is 22.7 Å². The first-order valence-electron chi connectivity index (χ1n) is 8.45. The predicted octanol–water partition coefficient (Wildman–Crippen LogP) is 4.62. The van der Waals surface area contributed by atoms with Gasteiger partial charge in [0.1, 0.15) is 28.9 Å². The van der Waals surface area contributed by atoms with E-state index in [4.69, 9.17) is 4.74 Å². The lowest BCUT2D eigenvalue weighted by Gasteiger charge is -2.29. The maximum atomic E-state index is 13.6. The van der Waals surface area contributed by atoms with Gasteiger partial charge in [0.2, 0.25) is 0 Å². The summed E-state index contributed by atoms with van der Waals surface area (Å²) in [7, 11) is 0. The highest BCUT2D eigenvalue weighted by Gasteiger charge is 2.24. The van der Waals surface area contributed by atoms with E-state index < -0.39 is 23.4 Å². The summed E-state index contributed by atoms with van der Waals surface area (Å²) in [5, 5.41) is 4.94. The SMILES string of the molecule is O=C(Nc1c(F)cccc1F)NC1CCC(Oc2ccc(F)cc2)CC1. The third-order valence-corrected chi connectivity index (χ3v) is 4.33. The molecule has 0 bridgehead atoms. The van der Waals surface area contributed by atoms with Gasteiger partial charge in [-0.1, -0.05) is 6.07 Å². The number of para-hydroxylation sites is 1. The number of halogens is 3. The van der Waals surface area contributed by atoms with Gasteiger partial charge in [-0.25, -0.2) is 18.0 Å². The number of carbonyl (C=O) groups excluding carboxylic acids is 1. The lowest BCUT2D eigenvalue weighted by Crippen LogP contribution is -2.42. The summed E-state index contributed by atoms with van der Waals surface area (Å²) in [6.07, 6.45) is 2.79. The van der Waals surface area contributed by atoms with Crippen molar-refractivity contribution in [3.05, 3.63) is 59.9 Å². The zero-order valence-electron chi connectivity index (χ0n) is 14.0. The van der Waals surface area contributed by atoms with Crippen LogP contribution in [0.3, 0.4) is 0 Å². The number of anilines is 1. The minimum Gasteiger partial charge on any atom is -0.490 e. The Morgan fingerprint density at radius 1 is 0.923 bits per heavy atom. The van der Waals surface area contributed by atoms with Crippen LogP contribution in [0, 0.1) is 17.5 Å². The highest BCUT2D eigenvalue weighted by molar-refractivity contribution is 5.89. The van der Waals surface area contributed by atoms with Gasteiger partial charge in [-0.3, -0.25) is 0 Å². The van der Waals surface area contributed by atoms with Crippen LogP contribution in [0.25, 0.3) is 0 Å². The third kappa shape index (κ3) is 4.68. The number of nitrogens with one attached hydrogen (secondary N) is 2. The Morgan fingerprint density at radius 3 is 2.15 bits per heavy atom. The van der Waals surface area contributed by atoms with Gasteiger partial charge in [-0.15, -0.1) is 0 Å². The van der Waals surface area contributed by atoms with E-state index in [9.17, 15) is 18.0 Å². The molecular formula is C19H19F3N2O2. The molecule has 2 N–H and O–H groups in total. The zero-order chi connectivity index (χ0) is 18.5. The second-order valence-corrected chi connectivity index (χ2v) is 6.24. The molecule has 3 rings (SSSR count). The molecule has 0 aliphatic heterocycles. The molecule has 138 valence electrons. The Kier molecular flexibility index (Phi) is 5.65. The van der Waals surface area contributed by atoms with Crippen LogP contribution in [0.15, 0.2) is 42.5 Å². The summed E-state index contributed by atoms with van der Waals surface area (Å²) in [6, 6.07) is 8.49. The first-order chi connectivity index (χ1) is 12.5. The molecular weight excluding hydrogens is 345 g/mol. The summed E-state index contributed by atoms with van der Waals surface area (Å²) < 4.78 is 45.8. The summed E-state index contributed by atoms with van der Waals surface area (Å²) in [5.74, 6) is -1.36. The first-order valence-corrected chi connectivity index (χ1v) is 8.45. The Balaban J connectivity index is 1.46. The number of urea groups is 1. The van der Waals surface area contributed by atoms with E-state index in [0.29, 0.717) is 18.6 Å². The normalized spacial score (nSPS) is 19.7. The average molecular weight is 364 g/mol. The molecule has 0 radical (unpaired) electrons. The minimum absolute atomic E-state index is 0.00872. The summed E-state index contributed by atoms with van der Waals surface area (Å²) in [6.45, 7) is 0. The molecule has 1 fully saturated rings. The molecule has 7 heteroatoms. The van der Waals surface area contributed by atoms with E-state index in [2.05, 4.69) is 10.6 Å². The van der Waals surface area contributed by atoms with Crippen molar-refractivity contribution in [1.82, 2.24) is 5.32 Å². The summed E-state index contributed by atoms with van der Waals surface area (Å²) >= 11 is 0. The van der Waals surface area contributed by atoms with Crippen LogP contribution in [-0.2, 0) is 0 Å². The van der Waals surface area contributed by atoms with Gasteiger partial charge in [0.25, 0.3) is 0 Å². The number of ether oxygens (including phenoxy) is 1. The van der Waals surface area contributed by atoms with Gasteiger partial charge in [0.15, 0.2) is 0 Å². The molecule has 0 spiro atoms. The zero-order valence-corrected chi connectivity index (χ0v) is 14.0. The Labute approximate surface area is 149 Å². The molecule has 1 aliphatic rings. The van der Waals surface area contributed by atoms with Gasteiger partial charge < -0.3 is 15.4 Å². The van der Waals surface area contributed by atoms with E-state index >= 15 is 0 Å². The lowest BCUT2D eigenvalue weighted by molar-refractivity contribution is 0.141. The van der Waals surface area contributed by atoms with Gasteiger partial charge in [-0.2, -0.15) is 0 Å². The van der Waals surface area contributed by atoms with Gasteiger partial charge >= 0.3 is 6.03 Å². The number of benzene rings is 2. The number of rotatable bonds is 4. The van der Waals surface area contributed by atoms with Crippen LogP contribution in [0.5, 0.6) is 5.75 Å². The Hall–Kier alpha value is -2.70. The third-order valence-electron chi connectivity index (χ3n) is 4.33. The minimum atomic E-state index is -0.823. The van der Waals surface area contributed by atoms with Crippen molar-refractivity contribution in [3.8, 4) is 5.75 Å². The highest BCUT2D eigenvalue weighted by Crippen LogP contribution is 2.24. The van der Waals surface area contributed by atoms with E-state index in [1.807, 2.05) is 0 Å². The standard InChI is InChI=1S/C19H19F3N2O2/c20-12-4-8-14(9-5-12)26-15-10-6-13(7-11-15)23-19(25)24-18-16(21)2-1-3-17(18)22/h1-5,8-9,13,15H,6-7,10-11H2,(H2,23,24,25).